The molecule has 0 spiro atoms. The van der Waals surface area contributed by atoms with Crippen molar-refractivity contribution in [2.75, 3.05) is 12.3 Å². The van der Waals surface area contributed by atoms with E-state index >= 15 is 0 Å². The number of hydrogen-bond acceptors (Lipinski definition) is 3. The van der Waals surface area contributed by atoms with Crippen LogP contribution in [0.5, 0.6) is 0 Å². The van der Waals surface area contributed by atoms with Gasteiger partial charge in [-0.2, -0.15) is 0 Å². The van der Waals surface area contributed by atoms with E-state index in [2.05, 4.69) is 0 Å². The second kappa shape index (κ2) is 3.95. The van der Waals surface area contributed by atoms with Crippen LogP contribution in [0.3, 0.4) is 0 Å². The van der Waals surface area contributed by atoms with Crippen molar-refractivity contribution in [3.05, 3.63) is 29.8 Å². The predicted octanol–water partition coefficient (Wildman–Crippen LogP) is 2.56. The number of carbonyl (C=O) groups excluding carboxylic acids is 1. The number of para-hydroxylation sites is 1. The molecule has 1 aromatic rings. The highest BCUT2D eigenvalue weighted by Gasteiger charge is 2.39. The highest BCUT2D eigenvalue weighted by molar-refractivity contribution is 5.71. The fourth-order valence-corrected chi connectivity index (χ4v) is 1.98. The van der Waals surface area contributed by atoms with Crippen molar-refractivity contribution in [3.8, 4) is 0 Å². The molecule has 0 saturated carbocycles. The van der Waals surface area contributed by atoms with Gasteiger partial charge < -0.3 is 10.5 Å². The van der Waals surface area contributed by atoms with Crippen LogP contribution in [0.25, 0.3) is 0 Å². The molecule has 1 aliphatic rings. The van der Waals surface area contributed by atoms with Crippen molar-refractivity contribution in [2.24, 2.45) is 0 Å². The summed E-state index contributed by atoms with van der Waals surface area (Å²) in [5, 5.41) is 0. The van der Waals surface area contributed by atoms with E-state index in [1.165, 1.54) is 0 Å². The van der Waals surface area contributed by atoms with Crippen LogP contribution < -0.4 is 5.73 Å². The van der Waals surface area contributed by atoms with Gasteiger partial charge in [-0.05, 0) is 26.8 Å². The Bertz CT molecular complexity index is 437. The number of benzene rings is 1. The van der Waals surface area contributed by atoms with E-state index in [-0.39, 0.29) is 17.7 Å². The second-order valence-electron chi connectivity index (χ2n) is 5.28. The Hall–Kier alpha value is -1.71. The molecule has 1 saturated heterocycles. The molecule has 2 N–H and O–H groups in total. The fourth-order valence-electron chi connectivity index (χ4n) is 1.98. The fraction of sp³-hybridized carbons (Fsp3) is 0.462. The molecule has 1 fully saturated rings. The molecule has 1 heterocycles. The molecule has 2 rings (SSSR count). The molecule has 1 amide bonds. The topological polar surface area (TPSA) is 55.6 Å². The van der Waals surface area contributed by atoms with Crippen molar-refractivity contribution >= 4 is 11.8 Å². The standard InChI is InChI=1S/C13H18N2O2/c1-13(2,3)15-8-11(17-12(15)16)9-6-4-5-7-10(9)14/h4-7,11H,8,14H2,1-3H3. The quantitative estimate of drug-likeness (QED) is 0.760. The van der Waals surface area contributed by atoms with Crippen LogP contribution in [0, 0.1) is 0 Å². The number of nitrogen functional groups attached to an aromatic ring is 1. The normalized spacial score (nSPS) is 20.5. The van der Waals surface area contributed by atoms with Crippen molar-refractivity contribution in [3.63, 3.8) is 0 Å². The van der Waals surface area contributed by atoms with Crippen LogP contribution in [0.2, 0.25) is 0 Å². The maximum absolute atomic E-state index is 11.8. The van der Waals surface area contributed by atoms with Gasteiger partial charge in [-0.1, -0.05) is 18.2 Å². The lowest BCUT2D eigenvalue weighted by atomic mass is 10.0. The van der Waals surface area contributed by atoms with Gasteiger partial charge in [-0.25, -0.2) is 4.79 Å². The van der Waals surface area contributed by atoms with Gasteiger partial charge in [0.05, 0.1) is 6.54 Å². The van der Waals surface area contributed by atoms with Gasteiger partial charge in [0.2, 0.25) is 0 Å². The Labute approximate surface area is 101 Å². The number of nitrogens with zero attached hydrogens (tertiary/aromatic N) is 1. The first-order chi connectivity index (χ1) is 7.89. The Morgan fingerprint density at radius 3 is 2.53 bits per heavy atom. The third-order valence-corrected chi connectivity index (χ3v) is 2.96. The van der Waals surface area contributed by atoms with E-state index < -0.39 is 0 Å². The largest absolute Gasteiger partial charge is 0.439 e. The summed E-state index contributed by atoms with van der Waals surface area (Å²) in [4.78, 5) is 13.5. The van der Waals surface area contributed by atoms with Gasteiger partial charge in [0, 0.05) is 16.8 Å². The molecule has 4 heteroatoms. The van der Waals surface area contributed by atoms with Crippen molar-refractivity contribution in [2.45, 2.75) is 32.4 Å². The molecular weight excluding hydrogens is 216 g/mol. The van der Waals surface area contributed by atoms with E-state index in [1.807, 2.05) is 45.0 Å². The van der Waals surface area contributed by atoms with Gasteiger partial charge in [-0.15, -0.1) is 0 Å². The van der Waals surface area contributed by atoms with Crippen LogP contribution in [0.1, 0.15) is 32.4 Å². The molecule has 0 radical (unpaired) electrons. The van der Waals surface area contributed by atoms with E-state index in [4.69, 9.17) is 10.5 Å². The first kappa shape index (κ1) is 11.8. The van der Waals surface area contributed by atoms with E-state index in [1.54, 1.807) is 4.90 Å². The van der Waals surface area contributed by atoms with Crippen molar-refractivity contribution < 1.29 is 9.53 Å². The molecule has 1 aromatic carbocycles. The summed E-state index contributed by atoms with van der Waals surface area (Å²) in [6.07, 6.45) is -0.534. The van der Waals surface area contributed by atoms with Crippen molar-refractivity contribution in [1.82, 2.24) is 4.90 Å². The Morgan fingerprint density at radius 1 is 1.35 bits per heavy atom. The van der Waals surface area contributed by atoms with Gasteiger partial charge >= 0.3 is 6.09 Å². The minimum absolute atomic E-state index is 0.227. The number of rotatable bonds is 1. The average molecular weight is 234 g/mol. The number of anilines is 1. The van der Waals surface area contributed by atoms with Crippen molar-refractivity contribution in [1.29, 1.82) is 0 Å². The molecule has 1 atom stereocenters. The summed E-state index contributed by atoms with van der Waals surface area (Å²) in [5.41, 5.74) is 7.21. The summed E-state index contributed by atoms with van der Waals surface area (Å²) in [7, 11) is 0. The maximum Gasteiger partial charge on any atom is 0.411 e. The predicted molar refractivity (Wildman–Crippen MR) is 66.5 cm³/mol. The molecule has 92 valence electrons. The lowest BCUT2D eigenvalue weighted by molar-refractivity contribution is 0.120. The molecule has 0 bridgehead atoms. The average Bonchev–Trinajstić information content (AvgIpc) is 2.60. The number of amides is 1. The molecule has 1 unspecified atom stereocenters. The zero-order valence-corrected chi connectivity index (χ0v) is 10.4. The van der Waals surface area contributed by atoms with Crippen LogP contribution >= 0.6 is 0 Å². The Kier molecular flexibility index (Phi) is 2.73. The second-order valence-corrected chi connectivity index (χ2v) is 5.28. The van der Waals surface area contributed by atoms with Crippen LogP contribution in [0.15, 0.2) is 24.3 Å². The maximum atomic E-state index is 11.8. The number of carbonyl (C=O) groups is 1. The third kappa shape index (κ3) is 2.20. The first-order valence-corrected chi connectivity index (χ1v) is 5.72. The number of nitrogens with two attached hydrogens (primary N) is 1. The van der Waals surface area contributed by atoms with E-state index in [0.29, 0.717) is 12.2 Å². The van der Waals surface area contributed by atoms with Gasteiger partial charge in [0.15, 0.2) is 0 Å². The highest BCUT2D eigenvalue weighted by atomic mass is 16.6. The van der Waals surface area contributed by atoms with Crippen LogP contribution in [-0.2, 0) is 4.74 Å². The number of cyclic esters (lactones) is 1. The van der Waals surface area contributed by atoms with Crippen LogP contribution in [0.4, 0.5) is 10.5 Å². The third-order valence-electron chi connectivity index (χ3n) is 2.96. The lowest BCUT2D eigenvalue weighted by Gasteiger charge is -2.29. The molecule has 17 heavy (non-hydrogen) atoms. The summed E-state index contributed by atoms with van der Waals surface area (Å²) < 4.78 is 5.37. The van der Waals surface area contributed by atoms with Gasteiger partial charge in [0.25, 0.3) is 0 Å². The smallest absolute Gasteiger partial charge is 0.411 e. The van der Waals surface area contributed by atoms with Crippen LogP contribution in [-0.4, -0.2) is 23.1 Å². The Morgan fingerprint density at radius 2 is 2.00 bits per heavy atom. The van der Waals surface area contributed by atoms with E-state index in [9.17, 15) is 4.79 Å². The lowest BCUT2D eigenvalue weighted by Crippen LogP contribution is -2.41. The zero-order valence-electron chi connectivity index (χ0n) is 10.4. The summed E-state index contributed by atoms with van der Waals surface area (Å²) in [5.74, 6) is 0. The SMILES string of the molecule is CC(C)(C)N1CC(c2ccccc2N)OC1=O. The highest BCUT2D eigenvalue weighted by Crippen LogP contribution is 2.33. The monoisotopic (exact) mass is 234 g/mol. The number of ether oxygens (including phenoxy) is 1. The molecule has 0 aliphatic carbocycles. The first-order valence-electron chi connectivity index (χ1n) is 5.72. The Balaban J connectivity index is 2.23. The molecule has 4 nitrogen and oxygen atoms in total. The zero-order chi connectivity index (χ0) is 12.6. The molecule has 1 aliphatic heterocycles. The minimum Gasteiger partial charge on any atom is -0.439 e. The summed E-state index contributed by atoms with van der Waals surface area (Å²) in [6, 6.07) is 7.50. The summed E-state index contributed by atoms with van der Waals surface area (Å²) in [6.45, 7) is 6.53. The van der Waals surface area contributed by atoms with Gasteiger partial charge in [-0.3, -0.25) is 4.90 Å². The number of hydrogen-bond donors (Lipinski definition) is 1. The minimum atomic E-state index is -0.272. The molecule has 0 aromatic heterocycles. The van der Waals surface area contributed by atoms with E-state index in [0.717, 1.165) is 5.56 Å². The summed E-state index contributed by atoms with van der Waals surface area (Å²) >= 11 is 0. The van der Waals surface area contributed by atoms with Gasteiger partial charge in [0.1, 0.15) is 6.10 Å². The molecular formula is C13H18N2O2.